The fourth-order valence-corrected chi connectivity index (χ4v) is 2.99. The van der Waals surface area contributed by atoms with Crippen molar-refractivity contribution in [1.82, 2.24) is 4.57 Å². The summed E-state index contributed by atoms with van der Waals surface area (Å²) in [7, 11) is 0. The van der Waals surface area contributed by atoms with Crippen LogP contribution in [0.5, 0.6) is 5.75 Å². The van der Waals surface area contributed by atoms with Crippen molar-refractivity contribution >= 4 is 28.2 Å². The van der Waals surface area contributed by atoms with Gasteiger partial charge in [0, 0.05) is 29.8 Å². The first-order valence-electron chi connectivity index (χ1n) is 8.84. The summed E-state index contributed by atoms with van der Waals surface area (Å²) in [5.74, 6) is -1.15. The Bertz CT molecular complexity index is 1100. The number of nitro benzene ring substituents is 1. The summed E-state index contributed by atoms with van der Waals surface area (Å²) in [4.78, 5) is 35.8. The van der Waals surface area contributed by atoms with Crippen LogP contribution in [0.2, 0.25) is 0 Å². The molecule has 0 atom stereocenters. The Morgan fingerprint density at radius 3 is 2.50 bits per heavy atom. The molecule has 0 saturated carbocycles. The highest BCUT2D eigenvalue weighted by Crippen LogP contribution is 2.27. The highest BCUT2D eigenvalue weighted by Gasteiger charge is 2.22. The van der Waals surface area contributed by atoms with E-state index in [4.69, 9.17) is 0 Å². The van der Waals surface area contributed by atoms with Crippen molar-refractivity contribution in [3.05, 3.63) is 74.6 Å². The molecule has 1 heterocycles. The maximum Gasteiger partial charge on any atom is 0.269 e. The number of aromatic nitrogens is 1. The van der Waals surface area contributed by atoms with Gasteiger partial charge in [0.05, 0.1) is 10.4 Å². The standard InChI is InChI=1S/C20H19N3O5/c1-2-3-12-22-16-7-5-4-6-15(16)18(24)17(20(22)26)19(25)21-13-8-10-14(11-9-13)23(27)28/h4-11,24H,2-3,12H2,1H3,(H,21,25). The molecular formula is C20H19N3O5. The van der Waals surface area contributed by atoms with Crippen molar-refractivity contribution in [1.29, 1.82) is 0 Å². The third kappa shape index (κ3) is 3.57. The first-order chi connectivity index (χ1) is 13.4. The second-order valence-corrected chi connectivity index (χ2v) is 6.31. The molecule has 0 unspecified atom stereocenters. The maximum absolute atomic E-state index is 12.9. The lowest BCUT2D eigenvalue weighted by Crippen LogP contribution is -2.30. The number of fused-ring (bicyclic) bond motifs is 1. The van der Waals surface area contributed by atoms with Crippen LogP contribution in [-0.2, 0) is 6.54 Å². The number of nitro groups is 1. The van der Waals surface area contributed by atoms with Crippen molar-refractivity contribution in [2.24, 2.45) is 0 Å². The van der Waals surface area contributed by atoms with Crippen molar-refractivity contribution in [2.45, 2.75) is 26.3 Å². The summed E-state index contributed by atoms with van der Waals surface area (Å²) in [6, 6.07) is 12.1. The summed E-state index contributed by atoms with van der Waals surface area (Å²) >= 11 is 0. The molecule has 28 heavy (non-hydrogen) atoms. The topological polar surface area (TPSA) is 114 Å². The molecule has 1 aromatic heterocycles. The van der Waals surface area contributed by atoms with Gasteiger partial charge in [-0.3, -0.25) is 19.7 Å². The number of aryl methyl sites for hydroxylation is 1. The van der Waals surface area contributed by atoms with Crippen LogP contribution in [0.25, 0.3) is 10.9 Å². The van der Waals surface area contributed by atoms with E-state index >= 15 is 0 Å². The molecule has 144 valence electrons. The van der Waals surface area contributed by atoms with Crippen LogP contribution in [0.3, 0.4) is 0 Å². The van der Waals surface area contributed by atoms with Crippen LogP contribution in [-0.4, -0.2) is 20.5 Å². The molecule has 0 saturated heterocycles. The first kappa shape index (κ1) is 19.1. The number of para-hydroxylation sites is 1. The maximum atomic E-state index is 12.9. The van der Waals surface area contributed by atoms with Crippen molar-refractivity contribution in [3.8, 4) is 5.75 Å². The number of nitrogens with zero attached hydrogens (tertiary/aromatic N) is 2. The Balaban J connectivity index is 2.05. The van der Waals surface area contributed by atoms with Gasteiger partial charge in [-0.05, 0) is 30.7 Å². The van der Waals surface area contributed by atoms with Gasteiger partial charge in [0.15, 0.2) is 0 Å². The van der Waals surface area contributed by atoms with Crippen LogP contribution in [0.1, 0.15) is 30.1 Å². The Morgan fingerprint density at radius 1 is 1.18 bits per heavy atom. The third-order valence-electron chi connectivity index (χ3n) is 4.44. The van der Waals surface area contributed by atoms with Gasteiger partial charge < -0.3 is 15.0 Å². The summed E-state index contributed by atoms with van der Waals surface area (Å²) in [6.07, 6.45) is 1.62. The number of non-ortho nitro benzene ring substituents is 1. The zero-order valence-electron chi connectivity index (χ0n) is 15.2. The van der Waals surface area contributed by atoms with Gasteiger partial charge in [-0.25, -0.2) is 0 Å². The predicted molar refractivity (Wildman–Crippen MR) is 106 cm³/mol. The van der Waals surface area contributed by atoms with Gasteiger partial charge in [-0.1, -0.05) is 25.5 Å². The van der Waals surface area contributed by atoms with Gasteiger partial charge in [-0.15, -0.1) is 0 Å². The normalized spacial score (nSPS) is 10.8. The van der Waals surface area contributed by atoms with Crippen molar-refractivity contribution in [3.63, 3.8) is 0 Å². The van der Waals surface area contributed by atoms with Crippen LogP contribution in [0.4, 0.5) is 11.4 Å². The van der Waals surface area contributed by atoms with E-state index in [1.165, 1.54) is 28.8 Å². The number of amides is 1. The van der Waals surface area contributed by atoms with E-state index in [1.807, 2.05) is 6.92 Å². The number of benzene rings is 2. The van der Waals surface area contributed by atoms with E-state index in [0.717, 1.165) is 12.8 Å². The van der Waals surface area contributed by atoms with Crippen LogP contribution in [0.15, 0.2) is 53.3 Å². The lowest BCUT2D eigenvalue weighted by atomic mass is 10.1. The number of aromatic hydroxyl groups is 1. The van der Waals surface area contributed by atoms with Crippen LogP contribution in [0, 0.1) is 10.1 Å². The molecular weight excluding hydrogens is 362 g/mol. The molecule has 0 radical (unpaired) electrons. The molecule has 0 spiro atoms. The third-order valence-corrected chi connectivity index (χ3v) is 4.44. The summed E-state index contributed by atoms with van der Waals surface area (Å²) < 4.78 is 1.49. The fourth-order valence-electron chi connectivity index (χ4n) is 2.99. The number of carbonyl (C=O) groups is 1. The highest BCUT2D eigenvalue weighted by atomic mass is 16.6. The molecule has 0 aliphatic rings. The zero-order valence-corrected chi connectivity index (χ0v) is 15.2. The summed E-state index contributed by atoms with van der Waals surface area (Å²) in [5, 5.41) is 24.2. The minimum absolute atomic E-state index is 0.117. The number of unbranched alkanes of at least 4 members (excludes halogenated alkanes) is 1. The van der Waals surface area contributed by atoms with E-state index < -0.39 is 16.4 Å². The zero-order chi connectivity index (χ0) is 20.3. The van der Waals surface area contributed by atoms with E-state index in [9.17, 15) is 24.8 Å². The Kier molecular flexibility index (Phi) is 5.39. The number of hydrogen-bond acceptors (Lipinski definition) is 5. The van der Waals surface area contributed by atoms with E-state index in [0.29, 0.717) is 17.4 Å². The largest absolute Gasteiger partial charge is 0.506 e. The van der Waals surface area contributed by atoms with Gasteiger partial charge >= 0.3 is 0 Å². The number of carbonyl (C=O) groups excluding carboxylic acids is 1. The summed E-state index contributed by atoms with van der Waals surface area (Å²) in [5.41, 5.74) is -0.210. The van der Waals surface area contributed by atoms with Crippen molar-refractivity contribution < 1.29 is 14.8 Å². The average molecular weight is 381 g/mol. The Labute approximate surface area is 160 Å². The van der Waals surface area contributed by atoms with E-state index in [-0.39, 0.29) is 22.7 Å². The van der Waals surface area contributed by atoms with Gasteiger partial charge in [0.1, 0.15) is 11.3 Å². The molecule has 8 nitrogen and oxygen atoms in total. The molecule has 2 N–H and O–H groups in total. The van der Waals surface area contributed by atoms with Gasteiger partial charge in [0.2, 0.25) is 0 Å². The van der Waals surface area contributed by atoms with Gasteiger partial charge in [0.25, 0.3) is 17.2 Å². The minimum atomic E-state index is -0.771. The molecule has 0 fully saturated rings. The number of pyridine rings is 1. The number of rotatable bonds is 6. The lowest BCUT2D eigenvalue weighted by molar-refractivity contribution is -0.384. The molecule has 0 bridgehead atoms. The number of anilines is 1. The summed E-state index contributed by atoms with van der Waals surface area (Å²) in [6.45, 7) is 2.42. The quantitative estimate of drug-likeness (QED) is 0.499. The first-order valence-corrected chi connectivity index (χ1v) is 8.84. The predicted octanol–water partition coefficient (Wildman–Crippen LogP) is 3.67. The average Bonchev–Trinajstić information content (AvgIpc) is 2.68. The molecule has 3 rings (SSSR count). The molecule has 1 amide bonds. The second kappa shape index (κ2) is 7.91. The van der Waals surface area contributed by atoms with E-state index in [2.05, 4.69) is 5.32 Å². The molecule has 3 aromatic rings. The molecule has 8 heteroatoms. The van der Waals surface area contributed by atoms with Crippen LogP contribution >= 0.6 is 0 Å². The second-order valence-electron chi connectivity index (χ2n) is 6.31. The smallest absolute Gasteiger partial charge is 0.269 e. The minimum Gasteiger partial charge on any atom is -0.506 e. The Morgan fingerprint density at radius 2 is 1.86 bits per heavy atom. The van der Waals surface area contributed by atoms with Crippen LogP contribution < -0.4 is 10.9 Å². The van der Waals surface area contributed by atoms with Gasteiger partial charge in [-0.2, -0.15) is 0 Å². The van der Waals surface area contributed by atoms with E-state index in [1.54, 1.807) is 24.3 Å². The molecule has 0 aliphatic heterocycles. The number of nitrogens with one attached hydrogen (secondary N) is 1. The SMILES string of the molecule is CCCCn1c(=O)c(C(=O)Nc2ccc([N+](=O)[O-])cc2)c(O)c2ccccc21. The Hall–Kier alpha value is -3.68. The monoisotopic (exact) mass is 381 g/mol. The van der Waals surface area contributed by atoms with Crippen molar-refractivity contribution in [2.75, 3.05) is 5.32 Å². The lowest BCUT2D eigenvalue weighted by Gasteiger charge is -2.14. The molecule has 2 aromatic carbocycles. The highest BCUT2D eigenvalue weighted by molar-refractivity contribution is 6.09. The fraction of sp³-hybridized carbons (Fsp3) is 0.200. The molecule has 0 aliphatic carbocycles. The number of hydrogen-bond donors (Lipinski definition) is 2.